The van der Waals surface area contributed by atoms with E-state index in [9.17, 15) is 9.18 Å². The molecule has 0 amide bonds. The SMILES string of the molecule is COC(=O)[C@@](C)(N)c1ccccc1F. The van der Waals surface area contributed by atoms with Gasteiger partial charge in [-0.1, -0.05) is 18.2 Å². The zero-order chi connectivity index (χ0) is 10.8. The van der Waals surface area contributed by atoms with Crippen LogP contribution in [0.1, 0.15) is 12.5 Å². The molecule has 0 heterocycles. The van der Waals surface area contributed by atoms with Crippen LogP contribution in [0.4, 0.5) is 4.39 Å². The Labute approximate surface area is 81.7 Å². The summed E-state index contributed by atoms with van der Waals surface area (Å²) in [4.78, 5) is 11.3. The van der Waals surface area contributed by atoms with E-state index in [1.165, 1.54) is 32.2 Å². The number of nitrogens with two attached hydrogens (primary N) is 1. The Bertz CT molecular complexity index is 350. The molecule has 0 radical (unpaired) electrons. The van der Waals surface area contributed by atoms with Crippen molar-refractivity contribution in [2.75, 3.05) is 7.11 Å². The van der Waals surface area contributed by atoms with Crippen LogP contribution in [0.2, 0.25) is 0 Å². The van der Waals surface area contributed by atoms with Crippen molar-refractivity contribution in [2.24, 2.45) is 5.73 Å². The molecule has 1 aromatic rings. The monoisotopic (exact) mass is 197 g/mol. The number of hydrogen-bond acceptors (Lipinski definition) is 3. The molecular weight excluding hydrogens is 185 g/mol. The van der Waals surface area contributed by atoms with E-state index in [2.05, 4.69) is 4.74 Å². The van der Waals surface area contributed by atoms with Gasteiger partial charge in [-0.2, -0.15) is 0 Å². The molecule has 0 saturated carbocycles. The van der Waals surface area contributed by atoms with Gasteiger partial charge in [0.15, 0.2) is 0 Å². The minimum Gasteiger partial charge on any atom is -0.467 e. The van der Waals surface area contributed by atoms with Gasteiger partial charge in [-0.05, 0) is 13.0 Å². The highest BCUT2D eigenvalue weighted by molar-refractivity contribution is 5.81. The Morgan fingerprint density at radius 3 is 2.57 bits per heavy atom. The molecule has 0 spiro atoms. The van der Waals surface area contributed by atoms with Crippen LogP contribution in [-0.4, -0.2) is 13.1 Å². The lowest BCUT2D eigenvalue weighted by atomic mass is 9.93. The first kappa shape index (κ1) is 10.7. The van der Waals surface area contributed by atoms with Crippen molar-refractivity contribution < 1.29 is 13.9 Å². The van der Waals surface area contributed by atoms with Crippen molar-refractivity contribution in [1.82, 2.24) is 0 Å². The summed E-state index contributed by atoms with van der Waals surface area (Å²) in [5, 5.41) is 0. The van der Waals surface area contributed by atoms with Crippen LogP contribution >= 0.6 is 0 Å². The van der Waals surface area contributed by atoms with Crippen molar-refractivity contribution in [1.29, 1.82) is 0 Å². The predicted octanol–water partition coefficient (Wildman–Crippen LogP) is 1.17. The molecule has 1 atom stereocenters. The lowest BCUT2D eigenvalue weighted by molar-refractivity contribution is -0.146. The lowest BCUT2D eigenvalue weighted by Gasteiger charge is -2.22. The highest BCUT2D eigenvalue weighted by Crippen LogP contribution is 2.21. The summed E-state index contributed by atoms with van der Waals surface area (Å²) < 4.78 is 17.8. The third-order valence-electron chi connectivity index (χ3n) is 2.04. The van der Waals surface area contributed by atoms with Gasteiger partial charge in [0.2, 0.25) is 0 Å². The minimum absolute atomic E-state index is 0.131. The molecule has 0 aromatic heterocycles. The number of rotatable bonds is 2. The minimum atomic E-state index is -1.44. The molecule has 76 valence electrons. The Morgan fingerprint density at radius 2 is 2.07 bits per heavy atom. The first-order valence-electron chi connectivity index (χ1n) is 4.12. The standard InChI is InChI=1S/C10H12FNO2/c1-10(12,9(13)14-2)7-5-3-4-6-8(7)11/h3-6H,12H2,1-2H3/t10-/m0/s1. The van der Waals surface area contributed by atoms with E-state index < -0.39 is 17.3 Å². The smallest absolute Gasteiger partial charge is 0.330 e. The number of benzene rings is 1. The molecule has 0 aliphatic carbocycles. The average Bonchev–Trinajstić information content (AvgIpc) is 2.17. The average molecular weight is 197 g/mol. The molecule has 0 unspecified atom stereocenters. The number of ether oxygens (including phenoxy) is 1. The van der Waals surface area contributed by atoms with E-state index in [0.717, 1.165) is 0 Å². The van der Waals surface area contributed by atoms with Crippen LogP contribution in [0.5, 0.6) is 0 Å². The van der Waals surface area contributed by atoms with E-state index in [4.69, 9.17) is 5.73 Å². The Morgan fingerprint density at radius 1 is 1.50 bits per heavy atom. The summed E-state index contributed by atoms with van der Waals surface area (Å²) >= 11 is 0. The highest BCUT2D eigenvalue weighted by Gasteiger charge is 2.33. The molecule has 0 saturated heterocycles. The molecule has 4 heteroatoms. The van der Waals surface area contributed by atoms with E-state index in [1.807, 2.05) is 0 Å². The number of methoxy groups -OCH3 is 1. The van der Waals surface area contributed by atoms with Crippen molar-refractivity contribution in [3.63, 3.8) is 0 Å². The maximum atomic E-state index is 13.3. The maximum absolute atomic E-state index is 13.3. The molecule has 1 rings (SSSR count). The molecule has 2 N–H and O–H groups in total. The number of carbonyl (C=O) groups is 1. The number of carbonyl (C=O) groups excluding carboxylic acids is 1. The fraction of sp³-hybridized carbons (Fsp3) is 0.300. The van der Waals surface area contributed by atoms with Gasteiger partial charge in [0.25, 0.3) is 0 Å². The number of esters is 1. The van der Waals surface area contributed by atoms with Gasteiger partial charge < -0.3 is 10.5 Å². The molecular formula is C10H12FNO2. The van der Waals surface area contributed by atoms with Crippen LogP contribution in [0.15, 0.2) is 24.3 Å². The van der Waals surface area contributed by atoms with Gasteiger partial charge in [0.05, 0.1) is 7.11 Å². The normalized spacial score (nSPS) is 14.6. The fourth-order valence-electron chi connectivity index (χ4n) is 1.20. The van der Waals surface area contributed by atoms with Crippen LogP contribution in [0.25, 0.3) is 0 Å². The zero-order valence-corrected chi connectivity index (χ0v) is 8.08. The summed E-state index contributed by atoms with van der Waals surface area (Å²) in [6.07, 6.45) is 0. The van der Waals surface area contributed by atoms with Crippen LogP contribution < -0.4 is 5.73 Å². The maximum Gasteiger partial charge on any atom is 0.330 e. The highest BCUT2D eigenvalue weighted by atomic mass is 19.1. The van der Waals surface area contributed by atoms with Gasteiger partial charge in [-0.25, -0.2) is 9.18 Å². The van der Waals surface area contributed by atoms with Crippen molar-refractivity contribution in [3.8, 4) is 0 Å². The van der Waals surface area contributed by atoms with Crippen molar-refractivity contribution in [2.45, 2.75) is 12.5 Å². The zero-order valence-electron chi connectivity index (χ0n) is 8.08. The quantitative estimate of drug-likeness (QED) is 0.724. The van der Waals surface area contributed by atoms with E-state index in [0.29, 0.717) is 0 Å². The Kier molecular flexibility index (Phi) is 2.86. The molecule has 3 nitrogen and oxygen atoms in total. The van der Waals surface area contributed by atoms with Gasteiger partial charge in [0, 0.05) is 5.56 Å². The van der Waals surface area contributed by atoms with Gasteiger partial charge in [-0.15, -0.1) is 0 Å². The Hall–Kier alpha value is -1.42. The molecule has 1 aromatic carbocycles. The molecule has 0 bridgehead atoms. The predicted molar refractivity (Wildman–Crippen MR) is 50.0 cm³/mol. The van der Waals surface area contributed by atoms with E-state index in [1.54, 1.807) is 6.07 Å². The second kappa shape index (κ2) is 3.75. The van der Waals surface area contributed by atoms with E-state index >= 15 is 0 Å². The van der Waals surface area contributed by atoms with Crippen molar-refractivity contribution in [3.05, 3.63) is 35.6 Å². The van der Waals surface area contributed by atoms with Gasteiger partial charge >= 0.3 is 5.97 Å². The van der Waals surface area contributed by atoms with Gasteiger partial charge in [-0.3, -0.25) is 0 Å². The van der Waals surface area contributed by atoms with Crippen molar-refractivity contribution >= 4 is 5.97 Å². The van der Waals surface area contributed by atoms with Crippen LogP contribution in [0.3, 0.4) is 0 Å². The number of hydrogen-bond donors (Lipinski definition) is 1. The van der Waals surface area contributed by atoms with Gasteiger partial charge in [0.1, 0.15) is 11.4 Å². The molecule has 0 fully saturated rings. The molecule has 14 heavy (non-hydrogen) atoms. The summed E-state index contributed by atoms with van der Waals surface area (Å²) in [7, 11) is 1.22. The summed E-state index contributed by atoms with van der Waals surface area (Å²) in [5.74, 6) is -1.18. The Balaban J connectivity index is 3.16. The molecule has 0 aliphatic rings. The number of halogens is 1. The third kappa shape index (κ3) is 1.75. The van der Waals surface area contributed by atoms with E-state index in [-0.39, 0.29) is 5.56 Å². The first-order chi connectivity index (χ1) is 6.50. The summed E-state index contributed by atoms with van der Waals surface area (Å²) in [6.45, 7) is 1.41. The van der Waals surface area contributed by atoms with Crippen LogP contribution in [0, 0.1) is 5.82 Å². The second-order valence-corrected chi connectivity index (χ2v) is 3.17. The topological polar surface area (TPSA) is 52.3 Å². The summed E-state index contributed by atoms with van der Waals surface area (Å²) in [6, 6.07) is 5.87. The molecule has 0 aliphatic heterocycles. The third-order valence-corrected chi connectivity index (χ3v) is 2.04. The first-order valence-corrected chi connectivity index (χ1v) is 4.12. The summed E-state index contributed by atoms with van der Waals surface area (Å²) in [5.41, 5.74) is 4.37. The fourth-order valence-corrected chi connectivity index (χ4v) is 1.20. The lowest BCUT2D eigenvalue weighted by Crippen LogP contribution is -2.43. The second-order valence-electron chi connectivity index (χ2n) is 3.17. The van der Waals surface area contributed by atoms with Crippen LogP contribution in [-0.2, 0) is 15.1 Å². The largest absolute Gasteiger partial charge is 0.467 e.